The van der Waals surface area contributed by atoms with Crippen LogP contribution < -0.4 is 5.32 Å². The predicted molar refractivity (Wildman–Crippen MR) is 70.0 cm³/mol. The molecule has 1 aromatic heterocycles. The van der Waals surface area contributed by atoms with Crippen molar-refractivity contribution >= 4 is 5.82 Å². The average Bonchev–Trinajstić information content (AvgIpc) is 2.37. The molecule has 0 aliphatic rings. The Morgan fingerprint density at radius 3 is 2.89 bits per heavy atom. The van der Waals surface area contributed by atoms with E-state index in [1.54, 1.807) is 13.1 Å². The molecular weight excluding hydrogens is 224 g/mol. The van der Waals surface area contributed by atoms with Gasteiger partial charge in [0.2, 0.25) is 0 Å². The minimum atomic E-state index is 0.466. The van der Waals surface area contributed by atoms with Crippen LogP contribution in [-0.2, 0) is 6.54 Å². The summed E-state index contributed by atoms with van der Waals surface area (Å²) in [7, 11) is 0. The maximum absolute atomic E-state index is 8.98. The number of nitrogens with one attached hydrogen (secondary N) is 1. The molecule has 18 heavy (non-hydrogen) atoms. The lowest BCUT2D eigenvalue weighted by Gasteiger charge is -2.08. The first-order chi connectivity index (χ1) is 8.69. The maximum atomic E-state index is 8.98. The standard InChI is InChI=1S/C14H14N4/c1-10-4-3-5-12(6-10)8-17-14-13(7-15)9-16-11(2)18-14/h3-6,9H,8H2,1-2H3,(H,16,17,18). The third-order valence-corrected chi connectivity index (χ3v) is 2.57. The van der Waals surface area contributed by atoms with Gasteiger partial charge in [0.05, 0.1) is 6.20 Å². The van der Waals surface area contributed by atoms with Gasteiger partial charge in [0.1, 0.15) is 23.3 Å². The van der Waals surface area contributed by atoms with Crippen LogP contribution in [0.1, 0.15) is 22.5 Å². The van der Waals surface area contributed by atoms with Crippen molar-refractivity contribution in [2.24, 2.45) is 0 Å². The van der Waals surface area contributed by atoms with Gasteiger partial charge in [-0.2, -0.15) is 5.26 Å². The van der Waals surface area contributed by atoms with Crippen LogP contribution in [0.3, 0.4) is 0 Å². The highest BCUT2D eigenvalue weighted by Gasteiger charge is 2.04. The van der Waals surface area contributed by atoms with Crippen molar-refractivity contribution in [2.45, 2.75) is 20.4 Å². The fraction of sp³-hybridized carbons (Fsp3) is 0.214. The van der Waals surface area contributed by atoms with Crippen LogP contribution in [0.15, 0.2) is 30.5 Å². The van der Waals surface area contributed by atoms with Crippen molar-refractivity contribution in [3.8, 4) is 6.07 Å². The molecule has 0 radical (unpaired) electrons. The summed E-state index contributed by atoms with van der Waals surface area (Å²) in [5.41, 5.74) is 2.84. The predicted octanol–water partition coefficient (Wildman–Crippen LogP) is 2.58. The number of aromatic nitrogens is 2. The molecule has 1 aromatic carbocycles. The summed E-state index contributed by atoms with van der Waals surface area (Å²) < 4.78 is 0. The van der Waals surface area contributed by atoms with E-state index in [4.69, 9.17) is 5.26 Å². The zero-order valence-corrected chi connectivity index (χ0v) is 10.4. The highest BCUT2D eigenvalue weighted by molar-refractivity contribution is 5.50. The largest absolute Gasteiger partial charge is 0.365 e. The Bertz CT molecular complexity index is 599. The van der Waals surface area contributed by atoms with Crippen molar-refractivity contribution in [3.05, 3.63) is 53.0 Å². The number of rotatable bonds is 3. The summed E-state index contributed by atoms with van der Waals surface area (Å²) >= 11 is 0. The molecule has 4 nitrogen and oxygen atoms in total. The SMILES string of the molecule is Cc1cccc(CNc2nc(C)ncc2C#N)c1. The van der Waals surface area contributed by atoms with E-state index in [2.05, 4.69) is 40.4 Å². The molecule has 0 fully saturated rings. The van der Waals surface area contributed by atoms with Crippen molar-refractivity contribution in [3.63, 3.8) is 0 Å². The third kappa shape index (κ3) is 2.83. The van der Waals surface area contributed by atoms with Gasteiger partial charge < -0.3 is 5.32 Å². The van der Waals surface area contributed by atoms with Crippen LogP contribution in [0, 0.1) is 25.2 Å². The lowest BCUT2D eigenvalue weighted by Crippen LogP contribution is -2.05. The van der Waals surface area contributed by atoms with Crippen LogP contribution in [0.4, 0.5) is 5.82 Å². The molecule has 0 atom stereocenters. The smallest absolute Gasteiger partial charge is 0.147 e. The minimum Gasteiger partial charge on any atom is -0.365 e. The lowest BCUT2D eigenvalue weighted by atomic mass is 10.1. The summed E-state index contributed by atoms with van der Waals surface area (Å²) in [6.07, 6.45) is 1.54. The number of aryl methyl sites for hydroxylation is 2. The zero-order valence-electron chi connectivity index (χ0n) is 10.4. The average molecular weight is 238 g/mol. The molecule has 90 valence electrons. The third-order valence-electron chi connectivity index (χ3n) is 2.57. The molecule has 0 saturated carbocycles. The lowest BCUT2D eigenvalue weighted by molar-refractivity contribution is 1.01. The van der Waals surface area contributed by atoms with E-state index in [9.17, 15) is 0 Å². The van der Waals surface area contributed by atoms with E-state index in [1.807, 2.05) is 12.1 Å². The monoisotopic (exact) mass is 238 g/mol. The molecule has 2 rings (SSSR count). The topological polar surface area (TPSA) is 61.6 Å². The van der Waals surface area contributed by atoms with Gasteiger partial charge in [0, 0.05) is 6.54 Å². The first-order valence-electron chi connectivity index (χ1n) is 5.72. The van der Waals surface area contributed by atoms with Gasteiger partial charge in [-0.25, -0.2) is 9.97 Å². The van der Waals surface area contributed by atoms with Crippen molar-refractivity contribution in [1.82, 2.24) is 9.97 Å². The van der Waals surface area contributed by atoms with Crippen LogP contribution in [0.2, 0.25) is 0 Å². The van der Waals surface area contributed by atoms with Gasteiger partial charge in [-0.05, 0) is 19.4 Å². The highest BCUT2D eigenvalue weighted by Crippen LogP contribution is 2.12. The first kappa shape index (κ1) is 12.1. The van der Waals surface area contributed by atoms with Gasteiger partial charge in [-0.1, -0.05) is 29.8 Å². The molecular formula is C14H14N4. The first-order valence-corrected chi connectivity index (χ1v) is 5.72. The molecule has 0 aliphatic carbocycles. The molecule has 0 unspecified atom stereocenters. The summed E-state index contributed by atoms with van der Waals surface area (Å²) in [4.78, 5) is 8.24. The van der Waals surface area contributed by atoms with Crippen molar-refractivity contribution in [2.75, 3.05) is 5.32 Å². The molecule has 1 heterocycles. The number of benzene rings is 1. The molecule has 0 aliphatic heterocycles. The quantitative estimate of drug-likeness (QED) is 0.892. The van der Waals surface area contributed by atoms with Gasteiger partial charge in [0.15, 0.2) is 0 Å². The Balaban J connectivity index is 2.15. The van der Waals surface area contributed by atoms with Crippen LogP contribution in [0.25, 0.3) is 0 Å². The Kier molecular flexibility index (Phi) is 3.54. The normalized spacial score (nSPS) is 9.83. The van der Waals surface area contributed by atoms with E-state index in [0.717, 1.165) is 5.56 Å². The summed E-state index contributed by atoms with van der Waals surface area (Å²) in [6, 6.07) is 10.3. The molecule has 0 bridgehead atoms. The van der Waals surface area contributed by atoms with Crippen molar-refractivity contribution < 1.29 is 0 Å². The second-order valence-corrected chi connectivity index (χ2v) is 4.13. The molecule has 4 heteroatoms. The second-order valence-electron chi connectivity index (χ2n) is 4.13. The molecule has 2 aromatic rings. The van der Waals surface area contributed by atoms with E-state index in [1.165, 1.54) is 5.56 Å². The Labute approximate surface area is 106 Å². The second kappa shape index (κ2) is 5.28. The van der Waals surface area contributed by atoms with E-state index in [0.29, 0.717) is 23.8 Å². The van der Waals surface area contributed by atoms with E-state index >= 15 is 0 Å². The Morgan fingerprint density at radius 2 is 2.17 bits per heavy atom. The zero-order chi connectivity index (χ0) is 13.0. The van der Waals surface area contributed by atoms with Gasteiger partial charge >= 0.3 is 0 Å². The highest BCUT2D eigenvalue weighted by atomic mass is 15.0. The Morgan fingerprint density at radius 1 is 1.33 bits per heavy atom. The van der Waals surface area contributed by atoms with Gasteiger partial charge in [0.25, 0.3) is 0 Å². The fourth-order valence-corrected chi connectivity index (χ4v) is 1.69. The maximum Gasteiger partial charge on any atom is 0.147 e. The number of nitrogens with zero attached hydrogens (tertiary/aromatic N) is 3. The number of hydrogen-bond donors (Lipinski definition) is 1. The number of anilines is 1. The Hall–Kier alpha value is -2.41. The number of nitriles is 1. The van der Waals surface area contributed by atoms with Crippen LogP contribution in [-0.4, -0.2) is 9.97 Å². The molecule has 0 spiro atoms. The fourth-order valence-electron chi connectivity index (χ4n) is 1.69. The number of hydrogen-bond acceptors (Lipinski definition) is 4. The van der Waals surface area contributed by atoms with Gasteiger partial charge in [-0.3, -0.25) is 0 Å². The summed E-state index contributed by atoms with van der Waals surface area (Å²) in [5, 5.41) is 12.2. The summed E-state index contributed by atoms with van der Waals surface area (Å²) in [6.45, 7) is 4.50. The van der Waals surface area contributed by atoms with Crippen LogP contribution in [0.5, 0.6) is 0 Å². The minimum absolute atomic E-state index is 0.466. The van der Waals surface area contributed by atoms with Crippen LogP contribution >= 0.6 is 0 Å². The molecule has 1 N–H and O–H groups in total. The molecule has 0 amide bonds. The van der Waals surface area contributed by atoms with E-state index < -0.39 is 0 Å². The van der Waals surface area contributed by atoms with Crippen molar-refractivity contribution in [1.29, 1.82) is 5.26 Å². The molecule has 0 saturated heterocycles. The van der Waals surface area contributed by atoms with Gasteiger partial charge in [-0.15, -0.1) is 0 Å². The summed E-state index contributed by atoms with van der Waals surface area (Å²) in [5.74, 6) is 1.24. The van der Waals surface area contributed by atoms with E-state index in [-0.39, 0.29) is 0 Å².